The molecule has 1 aliphatic heterocycles. The number of aliphatic carboxylic acids is 1. The van der Waals surface area contributed by atoms with Gasteiger partial charge < -0.3 is 19.7 Å². The fraction of sp³-hybridized carbons (Fsp3) is 0.186. The van der Waals surface area contributed by atoms with Gasteiger partial charge in [-0.3, -0.25) is 4.79 Å². The van der Waals surface area contributed by atoms with Crippen LogP contribution in [0, 0.1) is 12.7 Å². The number of aliphatic hydroxyl groups is 1. The van der Waals surface area contributed by atoms with Gasteiger partial charge >= 0.3 is 5.97 Å². The zero-order valence-corrected chi connectivity index (χ0v) is 29.4. The topological polar surface area (TPSA) is 106 Å². The minimum Gasteiger partial charge on any atom is -0.488 e. The van der Waals surface area contributed by atoms with Crippen LogP contribution in [-0.2, 0) is 24.4 Å². The molecule has 0 fully saturated rings. The molecule has 0 unspecified atom stereocenters. The smallest absolute Gasteiger partial charge is 0.307 e. The number of carboxylic acid groups (broad SMARTS) is 1. The lowest BCUT2D eigenvalue weighted by atomic mass is 9.96. The van der Waals surface area contributed by atoms with Crippen molar-refractivity contribution in [1.29, 1.82) is 0 Å². The molecule has 2 aromatic heterocycles. The van der Waals surface area contributed by atoms with Gasteiger partial charge in [0, 0.05) is 45.5 Å². The standard InChI is InChI=1S/C39H28FN3O4.C4H10O/c1-23-33(19-38(44)45)39-32-14-15-35(31-11-3-2-10-30(31)32)46-21-24-6-4-7-25(16-24)22-47-36-18-28(40)12-13-29(36)26-8-5-9-27(17-26)34-20-37(41-23)43(39)42-34;1-4(2,3)5/h2-18,20H,19,21-22H2,1H3,(H,44,45);5H,1-3H3. The van der Waals surface area contributed by atoms with E-state index in [9.17, 15) is 14.3 Å². The van der Waals surface area contributed by atoms with Crippen molar-refractivity contribution < 1.29 is 28.9 Å². The maximum Gasteiger partial charge on any atom is 0.307 e. The normalized spacial score (nSPS) is 12.4. The van der Waals surface area contributed by atoms with E-state index in [1.807, 2.05) is 97.9 Å². The highest BCUT2D eigenvalue weighted by Crippen LogP contribution is 2.39. The molecular formula is C43H38FN3O5. The van der Waals surface area contributed by atoms with Crippen molar-refractivity contribution in [2.45, 2.75) is 52.9 Å². The second-order valence-corrected chi connectivity index (χ2v) is 13.8. The van der Waals surface area contributed by atoms with E-state index < -0.39 is 11.6 Å². The number of hydrogen-bond acceptors (Lipinski definition) is 6. The average Bonchev–Trinajstić information content (AvgIpc) is 3.53. The molecule has 0 amide bonds. The highest BCUT2D eigenvalue weighted by molar-refractivity contribution is 6.00. The van der Waals surface area contributed by atoms with E-state index >= 15 is 0 Å². The van der Waals surface area contributed by atoms with Gasteiger partial charge in [0.15, 0.2) is 5.65 Å². The van der Waals surface area contributed by atoms with Crippen LogP contribution < -0.4 is 9.47 Å². The zero-order chi connectivity index (χ0) is 36.6. The summed E-state index contributed by atoms with van der Waals surface area (Å²) in [7, 11) is 0. The molecule has 0 radical (unpaired) electrons. The highest BCUT2D eigenvalue weighted by Gasteiger charge is 2.22. The Morgan fingerprint density at radius 3 is 2.17 bits per heavy atom. The van der Waals surface area contributed by atoms with Gasteiger partial charge in [0.2, 0.25) is 0 Å². The average molecular weight is 696 g/mol. The first kappa shape index (κ1) is 34.4. The Morgan fingerprint density at radius 2 is 1.44 bits per heavy atom. The highest BCUT2D eigenvalue weighted by atomic mass is 19.1. The van der Waals surface area contributed by atoms with Crippen LogP contribution in [0.1, 0.15) is 43.2 Å². The van der Waals surface area contributed by atoms with E-state index in [4.69, 9.17) is 24.7 Å². The number of hydrogen-bond donors (Lipinski definition) is 2. The molecule has 52 heavy (non-hydrogen) atoms. The molecule has 3 heterocycles. The number of ether oxygens (including phenoxy) is 2. The Bertz CT molecular complexity index is 2460. The largest absolute Gasteiger partial charge is 0.488 e. The van der Waals surface area contributed by atoms with Crippen molar-refractivity contribution in [3.8, 4) is 45.1 Å². The maximum absolute atomic E-state index is 14.5. The van der Waals surface area contributed by atoms with Crippen molar-refractivity contribution in [3.05, 3.63) is 137 Å². The predicted octanol–water partition coefficient (Wildman–Crippen LogP) is 9.21. The SMILES string of the molecule is CC(C)(C)O.Cc1nc2cc3nn2c(c1CC(=O)O)-c1ccc(c2ccccc12)OCc1cccc(c1)COc1cc(F)ccc1-c1cccc-3c1. The lowest BCUT2D eigenvalue weighted by Gasteiger charge is -2.17. The predicted molar refractivity (Wildman–Crippen MR) is 200 cm³/mol. The first-order valence-corrected chi connectivity index (χ1v) is 17.0. The van der Waals surface area contributed by atoms with Gasteiger partial charge in [-0.25, -0.2) is 13.9 Å². The molecule has 262 valence electrons. The second-order valence-electron chi connectivity index (χ2n) is 13.8. The first-order chi connectivity index (χ1) is 24.9. The third-order valence-corrected chi connectivity index (χ3v) is 8.57. The van der Waals surface area contributed by atoms with Crippen LogP contribution in [-0.4, -0.2) is 36.4 Å². The minimum atomic E-state index is -0.958. The fourth-order valence-electron chi connectivity index (χ4n) is 6.37. The summed E-state index contributed by atoms with van der Waals surface area (Å²) in [4.78, 5) is 16.9. The Balaban J connectivity index is 0.000000789. The lowest BCUT2D eigenvalue weighted by molar-refractivity contribution is -0.136. The molecule has 2 N–H and O–H groups in total. The van der Waals surface area contributed by atoms with Gasteiger partial charge in [0.05, 0.1) is 23.4 Å². The Labute approximate surface area is 300 Å². The van der Waals surface area contributed by atoms with E-state index in [-0.39, 0.29) is 18.8 Å². The van der Waals surface area contributed by atoms with E-state index in [0.29, 0.717) is 46.4 Å². The number of aryl methyl sites for hydroxylation is 1. The van der Waals surface area contributed by atoms with Gasteiger partial charge in [-0.15, -0.1) is 0 Å². The monoisotopic (exact) mass is 695 g/mol. The molecule has 0 atom stereocenters. The molecule has 5 aromatic carbocycles. The van der Waals surface area contributed by atoms with Crippen molar-refractivity contribution in [2.24, 2.45) is 0 Å². The molecule has 9 heteroatoms. The number of nitrogens with zero attached hydrogens (tertiary/aromatic N) is 3. The van der Waals surface area contributed by atoms with Crippen molar-refractivity contribution >= 4 is 22.4 Å². The fourth-order valence-corrected chi connectivity index (χ4v) is 6.37. The van der Waals surface area contributed by atoms with Gasteiger partial charge in [-0.05, 0) is 86.2 Å². The number of carbonyl (C=O) groups is 1. The summed E-state index contributed by atoms with van der Waals surface area (Å²) in [5.74, 6) is -0.219. The zero-order valence-electron chi connectivity index (χ0n) is 29.4. The summed E-state index contributed by atoms with van der Waals surface area (Å²) in [5.41, 5.74) is 7.73. The van der Waals surface area contributed by atoms with Crippen molar-refractivity contribution in [1.82, 2.24) is 14.6 Å². The molecule has 8 nitrogen and oxygen atoms in total. The molecule has 8 bridgehead atoms. The van der Waals surface area contributed by atoms with Crippen LogP contribution in [0.3, 0.4) is 0 Å². The first-order valence-electron chi connectivity index (χ1n) is 17.0. The summed E-state index contributed by atoms with van der Waals surface area (Å²) in [6, 6.07) is 34.1. The van der Waals surface area contributed by atoms with Crippen molar-refractivity contribution in [2.75, 3.05) is 0 Å². The third-order valence-electron chi connectivity index (χ3n) is 8.57. The van der Waals surface area contributed by atoms with Crippen LogP contribution in [0.4, 0.5) is 4.39 Å². The van der Waals surface area contributed by atoms with Crippen LogP contribution in [0.25, 0.3) is 50.1 Å². The number of aromatic nitrogens is 3. The van der Waals surface area contributed by atoms with Crippen LogP contribution in [0.15, 0.2) is 109 Å². The molecule has 0 spiro atoms. The summed E-state index contributed by atoms with van der Waals surface area (Å²) in [5, 5.41) is 25.3. The third kappa shape index (κ3) is 7.36. The van der Waals surface area contributed by atoms with Gasteiger partial charge in [0.1, 0.15) is 30.5 Å². The molecular weight excluding hydrogens is 657 g/mol. The number of carboxylic acids is 1. The van der Waals surface area contributed by atoms with Gasteiger partial charge in [-0.2, -0.15) is 5.10 Å². The van der Waals surface area contributed by atoms with E-state index in [2.05, 4.69) is 0 Å². The molecule has 1 aliphatic rings. The summed E-state index contributed by atoms with van der Waals surface area (Å²) in [6.07, 6.45) is -0.217. The Kier molecular flexibility index (Phi) is 9.21. The Morgan fingerprint density at radius 1 is 0.788 bits per heavy atom. The van der Waals surface area contributed by atoms with Crippen molar-refractivity contribution in [3.63, 3.8) is 0 Å². The summed E-state index contributed by atoms with van der Waals surface area (Å²) < 4.78 is 28.9. The molecule has 8 rings (SSSR count). The van der Waals surface area contributed by atoms with Crippen LogP contribution >= 0.6 is 0 Å². The van der Waals surface area contributed by atoms with Crippen LogP contribution in [0.5, 0.6) is 11.5 Å². The molecule has 0 saturated carbocycles. The quantitative estimate of drug-likeness (QED) is 0.186. The molecule has 0 aliphatic carbocycles. The van der Waals surface area contributed by atoms with E-state index in [1.165, 1.54) is 12.1 Å². The van der Waals surface area contributed by atoms with Gasteiger partial charge in [-0.1, -0.05) is 60.7 Å². The van der Waals surface area contributed by atoms with Crippen LogP contribution in [0.2, 0.25) is 0 Å². The summed E-state index contributed by atoms with van der Waals surface area (Å²) >= 11 is 0. The lowest BCUT2D eigenvalue weighted by Crippen LogP contribution is -2.10. The minimum absolute atomic E-state index is 0.217. The maximum atomic E-state index is 14.5. The summed E-state index contributed by atoms with van der Waals surface area (Å²) in [6.45, 7) is 7.63. The van der Waals surface area contributed by atoms with E-state index in [1.54, 1.807) is 31.4 Å². The number of benzene rings is 5. The molecule has 0 saturated heterocycles. The molecule has 7 aromatic rings. The van der Waals surface area contributed by atoms with E-state index in [0.717, 1.165) is 44.2 Å². The number of halogens is 1. The Hall–Kier alpha value is -6.06. The van der Waals surface area contributed by atoms with Gasteiger partial charge in [0.25, 0.3) is 0 Å². The number of fused-ring (bicyclic) bond motifs is 15. The number of rotatable bonds is 2. The second kappa shape index (κ2) is 13.9.